The van der Waals surface area contributed by atoms with Gasteiger partial charge in [-0.1, -0.05) is 12.1 Å². The zero-order chi connectivity index (χ0) is 20.3. The van der Waals surface area contributed by atoms with Crippen LogP contribution in [0.3, 0.4) is 0 Å². The molecule has 10 nitrogen and oxygen atoms in total. The van der Waals surface area contributed by atoms with E-state index in [9.17, 15) is 19.5 Å². The van der Waals surface area contributed by atoms with E-state index in [1.165, 1.54) is 0 Å². The van der Waals surface area contributed by atoms with Crippen molar-refractivity contribution in [2.24, 2.45) is 0 Å². The minimum absolute atomic E-state index is 0.0457. The van der Waals surface area contributed by atoms with Crippen molar-refractivity contribution in [1.82, 2.24) is 14.9 Å². The number of aliphatic hydroxyl groups excluding tert-OH is 2. The van der Waals surface area contributed by atoms with Crippen LogP contribution in [0.25, 0.3) is 0 Å². The minimum atomic E-state index is -0.957. The van der Waals surface area contributed by atoms with Crippen molar-refractivity contribution in [3.63, 3.8) is 0 Å². The number of aliphatic hydroxyl groups is 2. The number of aromatic nitrogens is 2. The third-order valence-electron chi connectivity index (χ3n) is 4.52. The molecule has 0 aliphatic carbocycles. The molecular weight excluding hydrogens is 370 g/mol. The van der Waals surface area contributed by atoms with E-state index in [2.05, 4.69) is 10.3 Å². The van der Waals surface area contributed by atoms with Gasteiger partial charge in [-0.3, -0.25) is 19.1 Å². The molecule has 1 aliphatic rings. The first-order valence-electron chi connectivity index (χ1n) is 8.64. The van der Waals surface area contributed by atoms with E-state index in [0.717, 1.165) is 16.3 Å². The fourth-order valence-electron chi connectivity index (χ4n) is 2.93. The summed E-state index contributed by atoms with van der Waals surface area (Å²) < 4.78 is 11.5. The Kier molecular flexibility index (Phi) is 5.93. The number of aromatic amines is 1. The molecule has 1 saturated heterocycles. The van der Waals surface area contributed by atoms with Gasteiger partial charge in [-0.15, -0.1) is 0 Å². The molecule has 3 rings (SSSR count). The van der Waals surface area contributed by atoms with Gasteiger partial charge in [0.2, 0.25) is 0 Å². The van der Waals surface area contributed by atoms with Crippen molar-refractivity contribution in [2.75, 3.05) is 13.7 Å². The highest BCUT2D eigenvalue weighted by molar-refractivity contribution is 5.93. The Bertz CT molecular complexity index is 951. The summed E-state index contributed by atoms with van der Waals surface area (Å²) in [5, 5.41) is 21.6. The Morgan fingerprint density at radius 1 is 1.36 bits per heavy atom. The fourth-order valence-corrected chi connectivity index (χ4v) is 2.93. The number of carbonyl (C=O) groups excluding carboxylic acids is 1. The van der Waals surface area contributed by atoms with Gasteiger partial charge in [-0.2, -0.15) is 0 Å². The van der Waals surface area contributed by atoms with Gasteiger partial charge >= 0.3 is 5.69 Å². The molecule has 0 bridgehead atoms. The van der Waals surface area contributed by atoms with E-state index >= 15 is 0 Å². The van der Waals surface area contributed by atoms with E-state index < -0.39 is 42.2 Å². The van der Waals surface area contributed by atoms with Gasteiger partial charge in [-0.25, -0.2) is 4.79 Å². The second-order valence-corrected chi connectivity index (χ2v) is 6.35. The molecule has 1 aromatic heterocycles. The molecule has 1 aromatic carbocycles. The molecule has 150 valence electrons. The largest absolute Gasteiger partial charge is 0.497 e. The van der Waals surface area contributed by atoms with Crippen LogP contribution in [0.1, 0.15) is 28.6 Å². The van der Waals surface area contributed by atoms with Crippen LogP contribution in [0.5, 0.6) is 5.75 Å². The zero-order valence-electron chi connectivity index (χ0n) is 15.1. The lowest BCUT2D eigenvalue weighted by molar-refractivity contribution is -0.0459. The topological polar surface area (TPSA) is 143 Å². The maximum absolute atomic E-state index is 12.4. The third kappa shape index (κ3) is 4.14. The number of hydrogen-bond acceptors (Lipinski definition) is 7. The number of hydrogen-bond donors (Lipinski definition) is 4. The Balaban J connectivity index is 1.76. The van der Waals surface area contributed by atoms with Crippen LogP contribution in [-0.2, 0) is 11.3 Å². The predicted molar refractivity (Wildman–Crippen MR) is 97.1 cm³/mol. The maximum Gasteiger partial charge on any atom is 0.330 e. The standard InChI is InChI=1S/C18H21N3O7/c1-27-11-4-2-10(3-5-11)7-19-16(24)12-8-21(18(26)20-17(12)25)15-6-13(23)14(9-22)28-15/h2-5,8,13-15,22-23H,6-7,9H2,1H3,(H,19,24)(H,20,25,26)/t13-,14+,15+/m0/s1. The van der Waals surface area contributed by atoms with Crippen molar-refractivity contribution >= 4 is 5.91 Å². The molecule has 0 saturated carbocycles. The summed E-state index contributed by atoms with van der Waals surface area (Å²) in [5.41, 5.74) is -1.07. The Hall–Kier alpha value is -2.95. The number of ether oxygens (including phenoxy) is 2. The molecule has 2 heterocycles. The van der Waals surface area contributed by atoms with Crippen LogP contribution in [-0.4, -0.2) is 51.6 Å². The van der Waals surface area contributed by atoms with E-state index in [0.29, 0.717) is 5.75 Å². The number of carbonyl (C=O) groups is 1. The van der Waals surface area contributed by atoms with Crippen LogP contribution in [0.2, 0.25) is 0 Å². The number of rotatable bonds is 6. The fraction of sp³-hybridized carbons (Fsp3) is 0.389. The summed E-state index contributed by atoms with van der Waals surface area (Å²) >= 11 is 0. The van der Waals surface area contributed by atoms with E-state index in [1.54, 1.807) is 31.4 Å². The lowest BCUT2D eigenvalue weighted by Crippen LogP contribution is -2.38. The van der Waals surface area contributed by atoms with E-state index in [-0.39, 0.29) is 18.5 Å². The summed E-state index contributed by atoms with van der Waals surface area (Å²) in [5.74, 6) is 0.0154. The quantitative estimate of drug-likeness (QED) is 0.500. The van der Waals surface area contributed by atoms with Crippen molar-refractivity contribution < 1.29 is 24.5 Å². The van der Waals surface area contributed by atoms with Crippen molar-refractivity contribution in [1.29, 1.82) is 0 Å². The molecule has 1 aliphatic heterocycles. The van der Waals surface area contributed by atoms with Gasteiger partial charge in [0, 0.05) is 19.2 Å². The summed E-state index contributed by atoms with van der Waals surface area (Å²) in [7, 11) is 1.55. The molecule has 0 unspecified atom stereocenters. The smallest absolute Gasteiger partial charge is 0.330 e. The zero-order valence-corrected chi connectivity index (χ0v) is 15.1. The molecule has 10 heteroatoms. The van der Waals surface area contributed by atoms with Crippen molar-refractivity contribution in [2.45, 2.75) is 31.4 Å². The average Bonchev–Trinajstić information content (AvgIpc) is 3.07. The summed E-state index contributed by atoms with van der Waals surface area (Å²) in [6.07, 6.45) is -1.55. The number of amides is 1. The van der Waals surface area contributed by atoms with Gasteiger partial charge in [-0.05, 0) is 17.7 Å². The second-order valence-electron chi connectivity index (χ2n) is 6.35. The van der Waals surface area contributed by atoms with Crippen LogP contribution in [0, 0.1) is 0 Å². The lowest BCUT2D eigenvalue weighted by atomic mass is 10.2. The predicted octanol–water partition coefficient (Wildman–Crippen LogP) is -0.884. The third-order valence-corrected chi connectivity index (χ3v) is 4.52. The van der Waals surface area contributed by atoms with Gasteiger partial charge in [0.05, 0.1) is 19.8 Å². The van der Waals surface area contributed by atoms with Gasteiger partial charge in [0.15, 0.2) is 0 Å². The Morgan fingerprint density at radius 2 is 2.07 bits per heavy atom. The Labute approximate surface area is 159 Å². The summed E-state index contributed by atoms with van der Waals surface area (Å²) in [6, 6.07) is 7.03. The highest BCUT2D eigenvalue weighted by Gasteiger charge is 2.35. The lowest BCUT2D eigenvalue weighted by Gasteiger charge is -2.15. The monoisotopic (exact) mass is 391 g/mol. The molecule has 0 spiro atoms. The van der Waals surface area contributed by atoms with Crippen LogP contribution in [0.15, 0.2) is 40.1 Å². The average molecular weight is 391 g/mol. The molecule has 4 N–H and O–H groups in total. The first kappa shape index (κ1) is 19.8. The van der Waals surface area contributed by atoms with Gasteiger partial charge in [0.25, 0.3) is 11.5 Å². The van der Waals surface area contributed by atoms with E-state index in [1.807, 2.05) is 0 Å². The summed E-state index contributed by atoms with van der Waals surface area (Å²) in [6.45, 7) is -0.238. The van der Waals surface area contributed by atoms with E-state index in [4.69, 9.17) is 14.6 Å². The van der Waals surface area contributed by atoms with Crippen molar-refractivity contribution in [3.05, 3.63) is 62.4 Å². The first-order chi connectivity index (χ1) is 13.4. The first-order valence-corrected chi connectivity index (χ1v) is 8.64. The highest BCUT2D eigenvalue weighted by Crippen LogP contribution is 2.27. The molecular formula is C18H21N3O7. The summed E-state index contributed by atoms with van der Waals surface area (Å²) in [4.78, 5) is 38.6. The second kappa shape index (κ2) is 8.38. The Morgan fingerprint density at radius 3 is 2.68 bits per heavy atom. The molecule has 1 amide bonds. The maximum atomic E-state index is 12.4. The van der Waals surface area contributed by atoms with Crippen LogP contribution >= 0.6 is 0 Å². The highest BCUT2D eigenvalue weighted by atomic mass is 16.5. The number of nitrogens with zero attached hydrogens (tertiary/aromatic N) is 1. The van der Waals surface area contributed by atoms with Crippen LogP contribution < -0.4 is 21.3 Å². The van der Waals surface area contributed by atoms with Crippen molar-refractivity contribution in [3.8, 4) is 5.75 Å². The molecule has 1 fully saturated rings. The number of H-pyrrole nitrogens is 1. The molecule has 28 heavy (non-hydrogen) atoms. The number of nitrogens with one attached hydrogen (secondary N) is 2. The SMILES string of the molecule is COc1ccc(CNC(=O)c2cn([C@H]3C[C@H](O)[C@@H](CO)O3)c(=O)[nH]c2=O)cc1. The van der Waals surface area contributed by atoms with Gasteiger partial charge < -0.3 is 25.0 Å². The molecule has 3 atom stereocenters. The molecule has 2 aromatic rings. The number of benzene rings is 1. The number of methoxy groups -OCH3 is 1. The minimum Gasteiger partial charge on any atom is -0.497 e. The molecule has 0 radical (unpaired) electrons. The normalized spacial score (nSPS) is 21.5. The van der Waals surface area contributed by atoms with Gasteiger partial charge in [0.1, 0.15) is 23.6 Å². The van der Waals surface area contributed by atoms with Crippen LogP contribution in [0.4, 0.5) is 0 Å².